The molecule has 2 atom stereocenters. The molecule has 1 amide bonds. The fourth-order valence-electron chi connectivity index (χ4n) is 3.65. The average molecular weight is 355 g/mol. The van der Waals surface area contributed by atoms with Crippen molar-refractivity contribution in [3.63, 3.8) is 0 Å². The van der Waals surface area contributed by atoms with Gasteiger partial charge in [0.05, 0.1) is 6.54 Å². The molecular formula is C20H21NO5. The number of likely N-dealkylation sites (tertiary alicyclic amines) is 1. The van der Waals surface area contributed by atoms with Crippen molar-refractivity contribution < 1.29 is 24.5 Å². The van der Waals surface area contributed by atoms with Crippen LogP contribution < -0.4 is 0 Å². The normalized spacial score (nSPS) is 25.2. The van der Waals surface area contributed by atoms with Gasteiger partial charge in [-0.1, -0.05) is 54.6 Å². The zero-order valence-corrected chi connectivity index (χ0v) is 14.7. The Balaban J connectivity index is 1.98. The number of carbonyl (C=O) groups is 2. The Morgan fingerprint density at radius 3 is 2.04 bits per heavy atom. The van der Waals surface area contributed by atoms with E-state index in [2.05, 4.69) is 0 Å². The summed E-state index contributed by atoms with van der Waals surface area (Å²) in [5, 5.41) is 19.1. The lowest BCUT2D eigenvalue weighted by Gasteiger charge is -2.28. The number of carboxylic acids is 1. The third-order valence-corrected chi connectivity index (χ3v) is 5.24. The minimum Gasteiger partial charge on any atom is -0.480 e. The Kier molecular flexibility index (Phi) is 4.46. The Hall–Kier alpha value is -2.86. The smallest absolute Gasteiger partial charge is 0.408 e. The van der Waals surface area contributed by atoms with Crippen LogP contribution in [0.15, 0.2) is 54.6 Å². The lowest BCUT2D eigenvalue weighted by atomic mass is 9.85. The molecule has 0 aliphatic carbocycles. The number of hydrogen-bond donors (Lipinski definition) is 2. The van der Waals surface area contributed by atoms with E-state index < -0.39 is 23.2 Å². The number of nitrogens with zero attached hydrogens (tertiary/aromatic N) is 1. The Labute approximate surface area is 151 Å². The van der Waals surface area contributed by atoms with Crippen LogP contribution in [0.4, 0.5) is 4.79 Å². The highest BCUT2D eigenvalue weighted by atomic mass is 16.5. The quantitative estimate of drug-likeness (QED) is 0.877. The number of carboxylic acid groups (broad SMARTS) is 2. The van der Waals surface area contributed by atoms with E-state index in [1.165, 1.54) is 14.0 Å². The van der Waals surface area contributed by atoms with Gasteiger partial charge in [-0.05, 0) is 23.6 Å². The van der Waals surface area contributed by atoms with Crippen LogP contribution in [0.2, 0.25) is 0 Å². The molecule has 1 saturated heterocycles. The molecule has 0 saturated carbocycles. The summed E-state index contributed by atoms with van der Waals surface area (Å²) in [7, 11) is 1.48. The number of rotatable bonds is 4. The highest BCUT2D eigenvalue weighted by molar-refractivity contribution is 5.84. The van der Waals surface area contributed by atoms with Gasteiger partial charge in [0.2, 0.25) is 0 Å². The van der Waals surface area contributed by atoms with E-state index in [9.17, 15) is 19.8 Å². The number of aliphatic carboxylic acids is 1. The van der Waals surface area contributed by atoms with Crippen LogP contribution in [0, 0.1) is 0 Å². The number of amides is 1. The first kappa shape index (κ1) is 17.9. The van der Waals surface area contributed by atoms with Gasteiger partial charge in [-0.15, -0.1) is 0 Å². The molecule has 2 N–H and O–H groups in total. The number of ether oxygens (including phenoxy) is 1. The van der Waals surface area contributed by atoms with E-state index in [1.807, 2.05) is 54.6 Å². The van der Waals surface area contributed by atoms with Crippen molar-refractivity contribution in [3.8, 4) is 11.1 Å². The van der Waals surface area contributed by atoms with E-state index in [0.29, 0.717) is 0 Å². The minimum absolute atomic E-state index is 0.0354. The van der Waals surface area contributed by atoms with E-state index in [0.717, 1.165) is 21.6 Å². The minimum atomic E-state index is -1.54. The second-order valence-corrected chi connectivity index (χ2v) is 6.77. The zero-order chi connectivity index (χ0) is 18.9. The van der Waals surface area contributed by atoms with Crippen LogP contribution in [-0.4, -0.2) is 46.4 Å². The lowest BCUT2D eigenvalue weighted by molar-refractivity contribution is -0.148. The first-order valence-corrected chi connectivity index (χ1v) is 8.27. The van der Waals surface area contributed by atoms with Crippen LogP contribution in [-0.2, 0) is 15.1 Å². The van der Waals surface area contributed by atoms with Crippen LogP contribution in [0.5, 0.6) is 0 Å². The second-order valence-electron chi connectivity index (χ2n) is 6.77. The molecule has 2 aromatic carbocycles. The van der Waals surface area contributed by atoms with Crippen LogP contribution in [0.25, 0.3) is 11.1 Å². The molecule has 136 valence electrons. The van der Waals surface area contributed by atoms with Crippen molar-refractivity contribution in [2.24, 2.45) is 0 Å². The van der Waals surface area contributed by atoms with E-state index in [4.69, 9.17) is 4.74 Å². The highest BCUT2D eigenvalue weighted by Gasteiger charge is 2.58. The largest absolute Gasteiger partial charge is 0.480 e. The third kappa shape index (κ3) is 2.82. The topological polar surface area (TPSA) is 87.1 Å². The maximum Gasteiger partial charge on any atom is 0.408 e. The van der Waals surface area contributed by atoms with Gasteiger partial charge in [0.15, 0.2) is 0 Å². The molecule has 6 nitrogen and oxygen atoms in total. The molecule has 1 aliphatic heterocycles. The Morgan fingerprint density at radius 2 is 1.58 bits per heavy atom. The first-order chi connectivity index (χ1) is 12.3. The summed E-state index contributed by atoms with van der Waals surface area (Å²) in [4.78, 5) is 24.3. The molecule has 1 aliphatic rings. The van der Waals surface area contributed by atoms with Gasteiger partial charge < -0.3 is 14.9 Å². The third-order valence-electron chi connectivity index (χ3n) is 5.24. The molecule has 1 heterocycles. The van der Waals surface area contributed by atoms with Crippen molar-refractivity contribution in [1.29, 1.82) is 0 Å². The summed E-state index contributed by atoms with van der Waals surface area (Å²) in [6.07, 6.45) is -1.22. The standard InChI is InChI=1S/C20H21NO5/c1-19(17(22)23)12-20(26-2,13-21(19)18(24)25)16-10-8-15(9-11-16)14-6-4-3-5-7-14/h3-11H,12-13H2,1-2H3,(H,22,23)(H,24,25). The summed E-state index contributed by atoms with van der Waals surface area (Å²) in [5.41, 5.74) is 0.311. The predicted octanol–water partition coefficient (Wildman–Crippen LogP) is 3.42. The number of hydrogen-bond acceptors (Lipinski definition) is 3. The van der Waals surface area contributed by atoms with Gasteiger partial charge in [-0.2, -0.15) is 0 Å². The molecule has 3 rings (SSSR count). The van der Waals surface area contributed by atoms with E-state index in [1.54, 1.807) is 0 Å². The molecule has 26 heavy (non-hydrogen) atoms. The molecule has 2 unspecified atom stereocenters. The summed E-state index contributed by atoms with van der Waals surface area (Å²) < 4.78 is 5.69. The fraction of sp³-hybridized carbons (Fsp3) is 0.300. The van der Waals surface area contributed by atoms with Crippen molar-refractivity contribution in [3.05, 3.63) is 60.2 Å². The van der Waals surface area contributed by atoms with Gasteiger partial charge >= 0.3 is 12.1 Å². The summed E-state index contributed by atoms with van der Waals surface area (Å²) >= 11 is 0. The number of benzene rings is 2. The van der Waals surface area contributed by atoms with Crippen molar-refractivity contribution in [2.75, 3.05) is 13.7 Å². The molecule has 1 fully saturated rings. The Bertz CT molecular complexity index is 820. The average Bonchev–Trinajstić information content (AvgIpc) is 2.98. The van der Waals surface area contributed by atoms with Gasteiger partial charge in [0.1, 0.15) is 11.1 Å². The monoisotopic (exact) mass is 355 g/mol. The summed E-state index contributed by atoms with van der Waals surface area (Å²) in [6.45, 7) is 1.38. The predicted molar refractivity (Wildman–Crippen MR) is 96.0 cm³/mol. The van der Waals surface area contributed by atoms with Crippen molar-refractivity contribution >= 4 is 12.1 Å². The SMILES string of the molecule is COC1(c2ccc(-c3ccccc3)cc2)CN(C(=O)O)C(C)(C(=O)O)C1. The summed E-state index contributed by atoms with van der Waals surface area (Å²) in [6, 6.07) is 17.5. The lowest BCUT2D eigenvalue weighted by Crippen LogP contribution is -2.50. The molecule has 0 aromatic heterocycles. The fourth-order valence-corrected chi connectivity index (χ4v) is 3.65. The van der Waals surface area contributed by atoms with E-state index in [-0.39, 0.29) is 13.0 Å². The zero-order valence-electron chi connectivity index (χ0n) is 14.7. The van der Waals surface area contributed by atoms with Crippen molar-refractivity contribution in [2.45, 2.75) is 24.5 Å². The van der Waals surface area contributed by atoms with Gasteiger partial charge in [-0.3, -0.25) is 4.90 Å². The van der Waals surface area contributed by atoms with Crippen LogP contribution in [0.3, 0.4) is 0 Å². The number of methoxy groups -OCH3 is 1. The molecule has 6 heteroatoms. The maximum absolute atomic E-state index is 11.8. The summed E-state index contributed by atoms with van der Waals surface area (Å²) in [5.74, 6) is -1.18. The molecular weight excluding hydrogens is 334 g/mol. The molecule has 0 radical (unpaired) electrons. The Morgan fingerprint density at radius 1 is 1.00 bits per heavy atom. The molecule has 0 spiro atoms. The highest BCUT2D eigenvalue weighted by Crippen LogP contribution is 2.45. The maximum atomic E-state index is 11.8. The van der Waals surface area contributed by atoms with Crippen molar-refractivity contribution in [1.82, 2.24) is 4.90 Å². The van der Waals surface area contributed by atoms with Gasteiger partial charge in [0.25, 0.3) is 0 Å². The van der Waals surface area contributed by atoms with Gasteiger partial charge in [0, 0.05) is 13.5 Å². The van der Waals surface area contributed by atoms with Gasteiger partial charge in [-0.25, -0.2) is 9.59 Å². The molecule has 2 aromatic rings. The first-order valence-electron chi connectivity index (χ1n) is 8.27. The van der Waals surface area contributed by atoms with Crippen LogP contribution in [0.1, 0.15) is 18.9 Å². The second kappa shape index (κ2) is 6.46. The van der Waals surface area contributed by atoms with E-state index >= 15 is 0 Å². The molecule has 0 bridgehead atoms. The van der Waals surface area contributed by atoms with Crippen LogP contribution >= 0.6 is 0 Å².